The molecule has 3 unspecified atom stereocenters. The highest BCUT2D eigenvalue weighted by Crippen LogP contribution is 2.48. The summed E-state index contributed by atoms with van der Waals surface area (Å²) in [6.45, 7) is 7.55. The summed E-state index contributed by atoms with van der Waals surface area (Å²) in [7, 11) is -3.25. The van der Waals surface area contributed by atoms with Crippen LogP contribution in [0.2, 0.25) is 0 Å². The van der Waals surface area contributed by atoms with Crippen molar-refractivity contribution in [1.82, 2.24) is 5.09 Å². The molecule has 39 heavy (non-hydrogen) atoms. The Hall–Kier alpha value is -0.220. The third-order valence-electron chi connectivity index (χ3n) is 8.31. The molecule has 0 aromatic rings. The van der Waals surface area contributed by atoms with Gasteiger partial charge in [-0.1, -0.05) is 162 Å². The van der Waals surface area contributed by atoms with Gasteiger partial charge in [0.2, 0.25) is 0 Å². The molecule has 1 saturated heterocycles. The summed E-state index contributed by atoms with van der Waals surface area (Å²) in [5.74, 6) is 0.298. The SMILES string of the molecule is CCCCCCCCCCCCCC(CC(=O)C(C)CCCCCCCCCCCCC)OP1(=O)NCCO1. The first-order valence-electron chi connectivity index (χ1n) is 17.2. The Morgan fingerprint density at radius 2 is 1.10 bits per heavy atom. The summed E-state index contributed by atoms with van der Waals surface area (Å²) in [6, 6.07) is 0. The topological polar surface area (TPSA) is 64.6 Å². The number of unbranched alkanes of at least 4 members (excludes halogenated alkanes) is 20. The lowest BCUT2D eigenvalue weighted by Crippen LogP contribution is -2.23. The predicted octanol–water partition coefficient (Wildman–Crippen LogP) is 11.1. The van der Waals surface area contributed by atoms with Gasteiger partial charge in [0.15, 0.2) is 0 Å². The molecule has 0 saturated carbocycles. The van der Waals surface area contributed by atoms with E-state index in [1.807, 2.05) is 0 Å². The second-order valence-corrected chi connectivity index (χ2v) is 14.0. The molecule has 5 nitrogen and oxygen atoms in total. The standard InChI is InChI=1S/C33H66NO4P/c1-4-6-8-10-12-14-16-18-20-22-24-26-31(3)33(35)30-32(38-39(36)34-28-29-37-39)27-25-23-21-19-17-15-13-11-9-7-5-2/h31-32H,4-30H2,1-3H3,(H,34,36). The third-order valence-corrected chi connectivity index (χ3v) is 10.0. The molecule has 0 amide bonds. The van der Waals surface area contributed by atoms with Gasteiger partial charge in [-0.2, -0.15) is 0 Å². The molecule has 0 aliphatic carbocycles. The van der Waals surface area contributed by atoms with E-state index in [-0.39, 0.29) is 17.8 Å². The van der Waals surface area contributed by atoms with Crippen molar-refractivity contribution >= 4 is 13.5 Å². The molecule has 3 atom stereocenters. The highest BCUT2D eigenvalue weighted by Gasteiger charge is 2.33. The number of rotatable bonds is 29. The van der Waals surface area contributed by atoms with E-state index in [0.29, 0.717) is 19.6 Å². The summed E-state index contributed by atoms with van der Waals surface area (Å²) < 4.78 is 24.1. The van der Waals surface area contributed by atoms with E-state index in [1.165, 1.54) is 122 Å². The molecule has 0 aromatic carbocycles. The summed E-state index contributed by atoms with van der Waals surface area (Å²) in [4.78, 5) is 13.0. The van der Waals surface area contributed by atoms with Crippen LogP contribution in [0.3, 0.4) is 0 Å². The first-order chi connectivity index (χ1) is 19.0. The van der Waals surface area contributed by atoms with Crippen LogP contribution in [0.15, 0.2) is 0 Å². The molecule has 1 aliphatic rings. The fraction of sp³-hybridized carbons (Fsp3) is 0.970. The molecule has 0 radical (unpaired) electrons. The van der Waals surface area contributed by atoms with Crippen LogP contribution in [-0.2, 0) is 18.4 Å². The Morgan fingerprint density at radius 1 is 0.692 bits per heavy atom. The van der Waals surface area contributed by atoms with Gasteiger partial charge in [0.25, 0.3) is 0 Å². The van der Waals surface area contributed by atoms with Crippen molar-refractivity contribution < 1.29 is 18.4 Å². The van der Waals surface area contributed by atoms with Gasteiger partial charge in [0.05, 0.1) is 12.7 Å². The quantitative estimate of drug-likeness (QED) is 0.0714. The maximum Gasteiger partial charge on any atom is 0.405 e. The van der Waals surface area contributed by atoms with Gasteiger partial charge < -0.3 is 0 Å². The molecule has 0 bridgehead atoms. The highest BCUT2D eigenvalue weighted by atomic mass is 31.2. The van der Waals surface area contributed by atoms with Crippen molar-refractivity contribution in [1.29, 1.82) is 0 Å². The smallest absolute Gasteiger partial charge is 0.299 e. The Morgan fingerprint density at radius 3 is 1.51 bits per heavy atom. The summed E-state index contributed by atoms with van der Waals surface area (Å²) in [5, 5.41) is 2.88. The van der Waals surface area contributed by atoms with Crippen LogP contribution < -0.4 is 5.09 Å². The van der Waals surface area contributed by atoms with E-state index in [0.717, 1.165) is 32.1 Å². The normalized spacial score (nSPS) is 18.9. The number of hydrogen-bond acceptors (Lipinski definition) is 4. The molecule has 1 N–H and O–H groups in total. The zero-order valence-electron chi connectivity index (χ0n) is 26.3. The molecule has 232 valence electrons. The van der Waals surface area contributed by atoms with Gasteiger partial charge in [-0.3, -0.25) is 13.8 Å². The molecule has 1 heterocycles. The van der Waals surface area contributed by atoms with Crippen LogP contribution in [0.5, 0.6) is 0 Å². The van der Waals surface area contributed by atoms with E-state index in [4.69, 9.17) is 9.05 Å². The fourth-order valence-corrected chi connectivity index (χ4v) is 7.08. The van der Waals surface area contributed by atoms with Gasteiger partial charge in [-0.05, 0) is 12.8 Å². The zero-order chi connectivity index (χ0) is 28.4. The number of ketones is 1. The van der Waals surface area contributed by atoms with Gasteiger partial charge in [0, 0.05) is 18.9 Å². The molecule has 1 rings (SSSR count). The lowest BCUT2D eigenvalue weighted by Gasteiger charge is -2.22. The largest absolute Gasteiger partial charge is 0.405 e. The van der Waals surface area contributed by atoms with Crippen LogP contribution in [0.4, 0.5) is 0 Å². The average Bonchev–Trinajstić information content (AvgIpc) is 3.35. The molecular formula is C33H66NO4P. The first kappa shape index (κ1) is 36.8. The molecule has 0 aromatic heterocycles. The number of hydrogen-bond donors (Lipinski definition) is 1. The Labute approximate surface area is 243 Å². The van der Waals surface area contributed by atoms with E-state index in [1.54, 1.807) is 0 Å². The minimum Gasteiger partial charge on any atom is -0.299 e. The molecule has 0 spiro atoms. The first-order valence-corrected chi connectivity index (χ1v) is 18.8. The summed E-state index contributed by atoms with van der Waals surface area (Å²) >= 11 is 0. The highest BCUT2D eigenvalue weighted by molar-refractivity contribution is 7.51. The van der Waals surface area contributed by atoms with Crippen molar-refractivity contribution in [2.45, 2.75) is 187 Å². The third kappa shape index (κ3) is 21.2. The van der Waals surface area contributed by atoms with Gasteiger partial charge in [-0.25, -0.2) is 9.65 Å². The minimum absolute atomic E-state index is 0.0467. The van der Waals surface area contributed by atoms with Crippen LogP contribution in [-0.4, -0.2) is 25.0 Å². The fourth-order valence-electron chi connectivity index (χ4n) is 5.59. The average molecular weight is 572 g/mol. The predicted molar refractivity (Wildman–Crippen MR) is 167 cm³/mol. The maximum absolute atomic E-state index is 13.0. The van der Waals surface area contributed by atoms with Crippen molar-refractivity contribution in [3.8, 4) is 0 Å². The van der Waals surface area contributed by atoms with Crippen LogP contribution >= 0.6 is 7.75 Å². The Balaban J connectivity index is 2.21. The Kier molecular flexibility index (Phi) is 24.1. The van der Waals surface area contributed by atoms with E-state index in [2.05, 4.69) is 25.9 Å². The van der Waals surface area contributed by atoms with Gasteiger partial charge in [0.1, 0.15) is 5.78 Å². The maximum atomic E-state index is 13.0. The minimum atomic E-state index is -3.25. The van der Waals surface area contributed by atoms with Crippen molar-refractivity contribution in [2.75, 3.05) is 13.2 Å². The van der Waals surface area contributed by atoms with Crippen molar-refractivity contribution in [3.05, 3.63) is 0 Å². The van der Waals surface area contributed by atoms with Crippen LogP contribution in [0.1, 0.15) is 181 Å². The Bertz CT molecular complexity index is 605. The molecule has 6 heteroatoms. The second-order valence-electron chi connectivity index (χ2n) is 12.2. The lowest BCUT2D eigenvalue weighted by atomic mass is 9.93. The van der Waals surface area contributed by atoms with E-state index in [9.17, 15) is 9.36 Å². The zero-order valence-corrected chi connectivity index (χ0v) is 27.2. The second kappa shape index (κ2) is 25.5. The lowest BCUT2D eigenvalue weighted by molar-refractivity contribution is -0.124. The van der Waals surface area contributed by atoms with E-state index < -0.39 is 7.75 Å². The number of Topliss-reactive ketones (excluding diaryl/α,β-unsaturated/α-hetero) is 1. The van der Waals surface area contributed by atoms with Crippen LogP contribution in [0, 0.1) is 5.92 Å². The van der Waals surface area contributed by atoms with Crippen molar-refractivity contribution in [2.24, 2.45) is 5.92 Å². The number of nitrogens with one attached hydrogen (secondary N) is 1. The van der Waals surface area contributed by atoms with E-state index >= 15 is 0 Å². The van der Waals surface area contributed by atoms with Crippen LogP contribution in [0.25, 0.3) is 0 Å². The number of carbonyl (C=O) groups excluding carboxylic acids is 1. The van der Waals surface area contributed by atoms with Gasteiger partial charge in [-0.15, -0.1) is 0 Å². The molecule has 1 aliphatic heterocycles. The summed E-state index contributed by atoms with van der Waals surface area (Å²) in [6.07, 6.45) is 30.5. The number of carbonyl (C=O) groups is 1. The van der Waals surface area contributed by atoms with Crippen molar-refractivity contribution in [3.63, 3.8) is 0 Å². The molecular weight excluding hydrogens is 505 g/mol. The molecule has 1 fully saturated rings. The summed E-state index contributed by atoms with van der Waals surface area (Å²) in [5.41, 5.74) is 0. The van der Waals surface area contributed by atoms with Gasteiger partial charge >= 0.3 is 7.75 Å². The monoisotopic (exact) mass is 571 g/mol.